The molecule has 0 amide bonds. The summed E-state index contributed by atoms with van der Waals surface area (Å²) in [5, 5.41) is 29.6. The first-order valence-electron chi connectivity index (χ1n) is 8.24. The highest BCUT2D eigenvalue weighted by molar-refractivity contribution is 7.12. The van der Waals surface area contributed by atoms with Crippen LogP contribution in [-0.4, -0.2) is 24.5 Å². The molecule has 2 aliphatic rings. The summed E-state index contributed by atoms with van der Waals surface area (Å²) < 4.78 is 0. The van der Waals surface area contributed by atoms with Gasteiger partial charge in [0.2, 0.25) is 0 Å². The Hall–Kier alpha value is -2.59. The third-order valence-electron chi connectivity index (χ3n) is 5.25. The van der Waals surface area contributed by atoms with Crippen molar-refractivity contribution < 1.29 is 0 Å². The monoisotopic (exact) mass is 349 g/mol. The van der Waals surface area contributed by atoms with Gasteiger partial charge in [0.15, 0.2) is 5.41 Å². The summed E-state index contributed by atoms with van der Waals surface area (Å²) in [6.07, 6.45) is 2.04. The molecule has 0 saturated heterocycles. The molecule has 126 valence electrons. The average Bonchev–Trinajstić information content (AvgIpc) is 3.06. The first kappa shape index (κ1) is 17.2. The second-order valence-corrected chi connectivity index (χ2v) is 7.80. The van der Waals surface area contributed by atoms with Gasteiger partial charge in [0.25, 0.3) is 0 Å². The maximum atomic E-state index is 9.95. The topological polar surface area (TPSA) is 101 Å². The van der Waals surface area contributed by atoms with Gasteiger partial charge in [0.1, 0.15) is 6.07 Å². The van der Waals surface area contributed by atoms with Crippen LogP contribution < -0.4 is 5.73 Å². The first-order valence-corrected chi connectivity index (χ1v) is 9.06. The molecule has 1 aromatic rings. The van der Waals surface area contributed by atoms with Gasteiger partial charge >= 0.3 is 0 Å². The summed E-state index contributed by atoms with van der Waals surface area (Å²) in [4.78, 5) is 4.37. The molecule has 2 N–H and O–H groups in total. The fraction of sp³-hybridized carbons (Fsp3) is 0.421. The molecule has 0 aromatic carbocycles. The SMILES string of the molecule is CCN1CC=C2C(C#N)=C(N)C(C#N)(C#N)[C@H](c3ccc(C)s3)[C@@H]2C1. The molecule has 0 radical (unpaired) electrons. The largest absolute Gasteiger partial charge is 0.399 e. The van der Waals surface area contributed by atoms with Gasteiger partial charge in [-0.3, -0.25) is 4.90 Å². The van der Waals surface area contributed by atoms with Crippen molar-refractivity contribution in [3.63, 3.8) is 0 Å². The molecule has 0 saturated carbocycles. The van der Waals surface area contributed by atoms with E-state index in [1.54, 1.807) is 11.3 Å². The summed E-state index contributed by atoms with van der Waals surface area (Å²) >= 11 is 1.59. The Labute approximate surface area is 151 Å². The van der Waals surface area contributed by atoms with Gasteiger partial charge in [-0.2, -0.15) is 15.8 Å². The Morgan fingerprint density at radius 2 is 2.04 bits per heavy atom. The minimum atomic E-state index is -1.51. The molecular formula is C19H19N5S. The van der Waals surface area contributed by atoms with E-state index in [0.717, 1.165) is 28.4 Å². The maximum absolute atomic E-state index is 9.95. The van der Waals surface area contributed by atoms with Crippen molar-refractivity contribution in [3.8, 4) is 18.2 Å². The third-order valence-corrected chi connectivity index (χ3v) is 6.34. The second kappa shape index (κ2) is 6.37. The van der Waals surface area contributed by atoms with Crippen LogP contribution in [0.1, 0.15) is 22.6 Å². The number of likely N-dealkylation sites (N-methyl/N-ethyl adjacent to an activating group) is 1. The molecule has 0 unspecified atom stereocenters. The van der Waals surface area contributed by atoms with Crippen molar-refractivity contribution in [2.45, 2.75) is 19.8 Å². The Bertz CT molecular complexity index is 872. The highest BCUT2D eigenvalue weighted by Gasteiger charge is 2.54. The number of aryl methyl sites for hydroxylation is 1. The lowest BCUT2D eigenvalue weighted by Gasteiger charge is -2.45. The molecule has 1 aliphatic heterocycles. The number of hydrogen-bond acceptors (Lipinski definition) is 6. The predicted molar refractivity (Wildman–Crippen MR) is 96.0 cm³/mol. The first-order chi connectivity index (χ1) is 12.0. The molecule has 1 aromatic heterocycles. The molecule has 3 rings (SSSR count). The number of nitrogens with two attached hydrogens (primary N) is 1. The normalized spacial score (nSPS) is 25.3. The summed E-state index contributed by atoms with van der Waals surface area (Å²) in [6, 6.07) is 10.5. The van der Waals surface area contributed by atoms with E-state index in [4.69, 9.17) is 5.73 Å². The molecule has 5 nitrogen and oxygen atoms in total. The van der Waals surface area contributed by atoms with Crippen molar-refractivity contribution in [2.75, 3.05) is 19.6 Å². The number of thiophene rings is 1. The fourth-order valence-corrected chi connectivity index (χ4v) is 5.04. The second-order valence-electron chi connectivity index (χ2n) is 6.48. The lowest BCUT2D eigenvalue weighted by atomic mass is 9.59. The van der Waals surface area contributed by atoms with E-state index in [-0.39, 0.29) is 17.5 Å². The minimum Gasteiger partial charge on any atom is -0.399 e. The molecule has 0 spiro atoms. The Morgan fingerprint density at radius 1 is 1.32 bits per heavy atom. The molecule has 6 heteroatoms. The third kappa shape index (κ3) is 2.45. The maximum Gasteiger partial charge on any atom is 0.192 e. The van der Waals surface area contributed by atoms with Crippen LogP contribution in [0.3, 0.4) is 0 Å². The summed E-state index contributed by atoms with van der Waals surface area (Å²) in [5.41, 5.74) is 6.05. The van der Waals surface area contributed by atoms with Crippen LogP contribution in [0.5, 0.6) is 0 Å². The summed E-state index contributed by atoms with van der Waals surface area (Å²) in [7, 11) is 0. The van der Waals surface area contributed by atoms with Gasteiger partial charge in [0, 0.05) is 34.7 Å². The molecule has 1 aliphatic carbocycles. The van der Waals surface area contributed by atoms with Crippen molar-refractivity contribution in [3.05, 3.63) is 44.8 Å². The van der Waals surface area contributed by atoms with Gasteiger partial charge in [0.05, 0.1) is 23.4 Å². The van der Waals surface area contributed by atoms with Crippen LogP contribution in [0.15, 0.2) is 35.1 Å². The molecule has 2 atom stereocenters. The van der Waals surface area contributed by atoms with Crippen LogP contribution in [0.2, 0.25) is 0 Å². The van der Waals surface area contributed by atoms with Gasteiger partial charge < -0.3 is 5.73 Å². The van der Waals surface area contributed by atoms with Crippen molar-refractivity contribution in [1.82, 2.24) is 4.90 Å². The number of fused-ring (bicyclic) bond motifs is 1. The lowest BCUT2D eigenvalue weighted by Crippen LogP contribution is -2.47. The number of nitriles is 3. The van der Waals surface area contributed by atoms with Crippen molar-refractivity contribution in [2.24, 2.45) is 17.1 Å². The van der Waals surface area contributed by atoms with Crippen molar-refractivity contribution in [1.29, 1.82) is 15.8 Å². The Balaban J connectivity index is 2.30. The smallest absolute Gasteiger partial charge is 0.192 e. The van der Waals surface area contributed by atoms with Gasteiger partial charge in [-0.05, 0) is 31.2 Å². The number of nitrogens with zero attached hydrogens (tertiary/aromatic N) is 4. The fourth-order valence-electron chi connectivity index (χ4n) is 3.92. The highest BCUT2D eigenvalue weighted by atomic mass is 32.1. The number of allylic oxidation sites excluding steroid dienone is 2. The molecule has 0 bridgehead atoms. The summed E-state index contributed by atoms with van der Waals surface area (Å²) in [5.74, 6) is -0.452. The Morgan fingerprint density at radius 3 is 2.56 bits per heavy atom. The van der Waals surface area contributed by atoms with Gasteiger partial charge in [-0.15, -0.1) is 11.3 Å². The van der Waals surface area contributed by atoms with Crippen LogP contribution in [0, 0.1) is 52.2 Å². The Kier molecular flexibility index (Phi) is 4.39. The van der Waals surface area contributed by atoms with Crippen LogP contribution >= 0.6 is 11.3 Å². The van der Waals surface area contributed by atoms with Gasteiger partial charge in [-0.1, -0.05) is 13.0 Å². The molecule has 0 fully saturated rings. The minimum absolute atomic E-state index is 0.0898. The zero-order valence-electron chi connectivity index (χ0n) is 14.3. The van der Waals surface area contributed by atoms with E-state index >= 15 is 0 Å². The van der Waals surface area contributed by atoms with E-state index in [1.807, 2.05) is 25.1 Å². The quantitative estimate of drug-likeness (QED) is 0.885. The molecule has 25 heavy (non-hydrogen) atoms. The lowest BCUT2D eigenvalue weighted by molar-refractivity contribution is 0.216. The van der Waals surface area contributed by atoms with Crippen LogP contribution in [0.25, 0.3) is 0 Å². The molecular weight excluding hydrogens is 330 g/mol. The molecule has 2 heterocycles. The van der Waals surface area contributed by atoms with E-state index in [9.17, 15) is 15.8 Å². The van der Waals surface area contributed by atoms with E-state index in [0.29, 0.717) is 12.1 Å². The van der Waals surface area contributed by atoms with Crippen LogP contribution in [-0.2, 0) is 0 Å². The standard InChI is InChI=1S/C19H19N5S/c1-3-24-7-6-13-14(8-20)18(23)19(10-21,11-22)17(15(13)9-24)16-5-4-12(2)25-16/h4-6,15,17H,3,7,9,23H2,1-2H3/t15-,17+/m1/s1. The number of rotatable bonds is 2. The van der Waals surface area contributed by atoms with E-state index in [1.165, 1.54) is 0 Å². The zero-order valence-corrected chi connectivity index (χ0v) is 15.1. The van der Waals surface area contributed by atoms with Gasteiger partial charge in [-0.25, -0.2) is 0 Å². The average molecular weight is 349 g/mol. The predicted octanol–water partition coefficient (Wildman–Crippen LogP) is 2.80. The number of hydrogen-bond donors (Lipinski definition) is 1. The highest BCUT2D eigenvalue weighted by Crippen LogP contribution is 2.55. The summed E-state index contributed by atoms with van der Waals surface area (Å²) in [6.45, 7) is 6.44. The van der Waals surface area contributed by atoms with Crippen molar-refractivity contribution >= 4 is 11.3 Å². The zero-order chi connectivity index (χ0) is 18.2. The van der Waals surface area contributed by atoms with E-state index in [2.05, 4.69) is 30.0 Å². The van der Waals surface area contributed by atoms with E-state index < -0.39 is 5.41 Å². The van der Waals surface area contributed by atoms with Crippen LogP contribution in [0.4, 0.5) is 0 Å².